The van der Waals surface area contributed by atoms with Crippen LogP contribution in [0.1, 0.15) is 62.6 Å². The first kappa shape index (κ1) is 24.3. The lowest BCUT2D eigenvalue weighted by Gasteiger charge is -2.38. The van der Waals surface area contributed by atoms with Crippen LogP contribution in [0.3, 0.4) is 0 Å². The molecule has 0 spiro atoms. The van der Waals surface area contributed by atoms with Crippen LogP contribution in [0.25, 0.3) is 0 Å². The van der Waals surface area contributed by atoms with Crippen LogP contribution in [-0.4, -0.2) is 47.4 Å². The van der Waals surface area contributed by atoms with Crippen LogP contribution in [0, 0.1) is 12.8 Å². The molecule has 3 rings (SSSR count). The third-order valence-electron chi connectivity index (χ3n) is 6.24. The van der Waals surface area contributed by atoms with Gasteiger partial charge in [-0.1, -0.05) is 39.0 Å². The molecule has 0 radical (unpaired) electrons. The second kappa shape index (κ2) is 11.0. The highest BCUT2D eigenvalue weighted by Crippen LogP contribution is 2.34. The van der Waals surface area contributed by atoms with Gasteiger partial charge in [0, 0.05) is 23.9 Å². The quantitative estimate of drug-likeness (QED) is 0.519. The van der Waals surface area contributed by atoms with Gasteiger partial charge in [-0.3, -0.25) is 9.59 Å². The van der Waals surface area contributed by atoms with E-state index in [2.05, 4.69) is 18.4 Å². The Bertz CT molecular complexity index is 923. The Balaban J connectivity index is 1.79. The maximum Gasteiger partial charge on any atom is 0.242 e. The van der Waals surface area contributed by atoms with Crippen molar-refractivity contribution in [3.63, 3.8) is 0 Å². The summed E-state index contributed by atoms with van der Waals surface area (Å²) in [6.45, 7) is 11.4. The van der Waals surface area contributed by atoms with Crippen molar-refractivity contribution in [1.82, 2.24) is 9.80 Å². The number of rotatable bonds is 9. The third-order valence-corrected chi connectivity index (χ3v) is 7.23. The van der Waals surface area contributed by atoms with Crippen molar-refractivity contribution in [2.45, 2.75) is 66.0 Å². The summed E-state index contributed by atoms with van der Waals surface area (Å²) in [5, 5.41) is 2.09. The Morgan fingerprint density at radius 1 is 1.22 bits per heavy atom. The van der Waals surface area contributed by atoms with Gasteiger partial charge in [-0.15, -0.1) is 11.3 Å². The van der Waals surface area contributed by atoms with Gasteiger partial charge in [0.25, 0.3) is 0 Å². The second-order valence-electron chi connectivity index (χ2n) is 9.11. The van der Waals surface area contributed by atoms with E-state index in [4.69, 9.17) is 4.74 Å². The van der Waals surface area contributed by atoms with Gasteiger partial charge in [-0.05, 0) is 61.2 Å². The predicted octanol–water partition coefficient (Wildman–Crippen LogP) is 5.23. The van der Waals surface area contributed by atoms with E-state index in [0.717, 1.165) is 24.2 Å². The van der Waals surface area contributed by atoms with Crippen molar-refractivity contribution in [1.29, 1.82) is 0 Å². The molecule has 2 heterocycles. The molecule has 6 heteroatoms. The summed E-state index contributed by atoms with van der Waals surface area (Å²) in [7, 11) is 0. The van der Waals surface area contributed by atoms with E-state index in [1.807, 2.05) is 56.9 Å². The highest BCUT2D eigenvalue weighted by atomic mass is 32.1. The summed E-state index contributed by atoms with van der Waals surface area (Å²) in [4.78, 5) is 31.4. The first-order valence-electron chi connectivity index (χ1n) is 11.6. The van der Waals surface area contributed by atoms with Crippen LogP contribution in [-0.2, 0) is 16.0 Å². The summed E-state index contributed by atoms with van der Waals surface area (Å²) < 4.78 is 6.19. The SMILES string of the molecule is CCC(C)N(CC(=O)N1CCc2sccc2C1COc1ccccc1C)C(=O)CC(C)C. The van der Waals surface area contributed by atoms with E-state index >= 15 is 0 Å². The maximum absolute atomic E-state index is 13.5. The molecular formula is C26H36N2O3S. The van der Waals surface area contributed by atoms with Crippen molar-refractivity contribution in [3.05, 3.63) is 51.7 Å². The molecule has 2 aromatic rings. The molecule has 1 aromatic heterocycles. The summed E-state index contributed by atoms with van der Waals surface area (Å²) in [6, 6.07) is 9.96. The maximum atomic E-state index is 13.5. The lowest BCUT2D eigenvalue weighted by Crippen LogP contribution is -2.50. The average molecular weight is 457 g/mol. The topological polar surface area (TPSA) is 49.9 Å². The fraction of sp³-hybridized carbons (Fsp3) is 0.538. The van der Waals surface area contributed by atoms with Crippen LogP contribution in [0.5, 0.6) is 5.75 Å². The Morgan fingerprint density at radius 2 is 1.97 bits per heavy atom. The number of benzene rings is 1. The number of thiophene rings is 1. The van der Waals surface area contributed by atoms with Crippen LogP contribution in [0.15, 0.2) is 35.7 Å². The van der Waals surface area contributed by atoms with Gasteiger partial charge in [-0.2, -0.15) is 0 Å². The van der Waals surface area contributed by atoms with Crippen LogP contribution >= 0.6 is 11.3 Å². The first-order chi connectivity index (χ1) is 15.3. The van der Waals surface area contributed by atoms with Crippen LogP contribution in [0.4, 0.5) is 0 Å². The number of carbonyl (C=O) groups is 2. The molecule has 0 fully saturated rings. The molecular weight excluding hydrogens is 420 g/mol. The number of hydrogen-bond acceptors (Lipinski definition) is 4. The van der Waals surface area contributed by atoms with Gasteiger partial charge in [0.1, 0.15) is 18.9 Å². The summed E-state index contributed by atoms with van der Waals surface area (Å²) >= 11 is 1.74. The van der Waals surface area contributed by atoms with Crippen molar-refractivity contribution in [2.75, 3.05) is 19.7 Å². The fourth-order valence-corrected chi connectivity index (χ4v) is 5.10. The number of para-hydroxylation sites is 1. The number of aryl methyl sites for hydroxylation is 1. The smallest absolute Gasteiger partial charge is 0.242 e. The summed E-state index contributed by atoms with van der Waals surface area (Å²) in [5.41, 5.74) is 2.25. The third kappa shape index (κ3) is 5.71. The molecule has 0 aliphatic carbocycles. The van der Waals surface area contributed by atoms with Crippen molar-refractivity contribution in [3.8, 4) is 5.75 Å². The van der Waals surface area contributed by atoms with Crippen molar-refractivity contribution >= 4 is 23.2 Å². The Kier molecular flexibility index (Phi) is 8.35. The number of fused-ring (bicyclic) bond motifs is 1. The fourth-order valence-electron chi connectivity index (χ4n) is 4.17. The molecule has 1 aliphatic rings. The number of amides is 2. The number of nitrogens with zero attached hydrogens (tertiary/aromatic N) is 2. The molecule has 32 heavy (non-hydrogen) atoms. The predicted molar refractivity (Wildman–Crippen MR) is 130 cm³/mol. The Labute approximate surface area is 196 Å². The zero-order chi connectivity index (χ0) is 23.3. The molecule has 174 valence electrons. The van der Waals surface area contributed by atoms with Gasteiger partial charge < -0.3 is 14.5 Å². The molecule has 1 aliphatic heterocycles. The standard InChI is InChI=1S/C26H36N2O3S/c1-6-20(5)28(25(29)15-18(2)3)16-26(30)27-13-11-24-21(12-14-32-24)22(27)17-31-23-10-8-7-9-19(23)4/h7-10,12,14,18,20,22H,6,11,13,15-17H2,1-5H3. The van der Waals surface area contributed by atoms with Gasteiger partial charge in [0.15, 0.2) is 0 Å². The molecule has 0 saturated heterocycles. The molecule has 2 amide bonds. The molecule has 0 saturated carbocycles. The van der Waals surface area contributed by atoms with E-state index < -0.39 is 0 Å². The minimum Gasteiger partial charge on any atom is -0.491 e. The van der Waals surface area contributed by atoms with Gasteiger partial charge in [0.2, 0.25) is 11.8 Å². The first-order valence-corrected chi connectivity index (χ1v) is 12.5. The molecule has 2 unspecified atom stereocenters. The number of ether oxygens (including phenoxy) is 1. The molecule has 2 atom stereocenters. The van der Waals surface area contributed by atoms with Crippen LogP contribution < -0.4 is 4.74 Å². The lowest BCUT2D eigenvalue weighted by atomic mass is 10.00. The monoisotopic (exact) mass is 456 g/mol. The molecule has 5 nitrogen and oxygen atoms in total. The van der Waals surface area contributed by atoms with E-state index in [9.17, 15) is 9.59 Å². The summed E-state index contributed by atoms with van der Waals surface area (Å²) in [5.74, 6) is 1.17. The number of hydrogen-bond donors (Lipinski definition) is 0. The second-order valence-corrected chi connectivity index (χ2v) is 10.1. The lowest BCUT2D eigenvalue weighted by molar-refractivity contribution is -0.144. The van der Waals surface area contributed by atoms with E-state index in [-0.39, 0.29) is 36.4 Å². The van der Waals surface area contributed by atoms with E-state index in [0.29, 0.717) is 19.6 Å². The van der Waals surface area contributed by atoms with Gasteiger partial charge in [-0.25, -0.2) is 0 Å². The highest BCUT2D eigenvalue weighted by molar-refractivity contribution is 7.10. The largest absolute Gasteiger partial charge is 0.491 e. The van der Waals surface area contributed by atoms with Gasteiger partial charge in [0.05, 0.1) is 6.04 Å². The van der Waals surface area contributed by atoms with E-state index in [1.54, 1.807) is 16.2 Å². The molecule has 0 N–H and O–H groups in total. The number of carbonyl (C=O) groups excluding carboxylic acids is 2. The minimum atomic E-state index is -0.143. The minimum absolute atomic E-state index is 0.00219. The summed E-state index contributed by atoms with van der Waals surface area (Å²) in [6.07, 6.45) is 2.14. The average Bonchev–Trinajstić information content (AvgIpc) is 3.24. The molecule has 0 bridgehead atoms. The zero-order valence-electron chi connectivity index (χ0n) is 20.0. The van der Waals surface area contributed by atoms with Crippen molar-refractivity contribution in [2.24, 2.45) is 5.92 Å². The Morgan fingerprint density at radius 3 is 2.66 bits per heavy atom. The Hall–Kier alpha value is -2.34. The normalized spacial score (nSPS) is 16.6. The highest BCUT2D eigenvalue weighted by Gasteiger charge is 2.34. The van der Waals surface area contributed by atoms with Crippen molar-refractivity contribution < 1.29 is 14.3 Å². The molecule has 1 aromatic carbocycles. The van der Waals surface area contributed by atoms with Crippen LogP contribution in [0.2, 0.25) is 0 Å². The van der Waals surface area contributed by atoms with E-state index in [1.165, 1.54) is 10.4 Å². The zero-order valence-corrected chi connectivity index (χ0v) is 20.8. The van der Waals surface area contributed by atoms with Gasteiger partial charge >= 0.3 is 0 Å².